The van der Waals surface area contributed by atoms with Gasteiger partial charge in [-0.1, -0.05) is 43.3 Å². The zero-order chi connectivity index (χ0) is 20.2. The SMILES string of the molecule is Cc1nocc1C(=O)CC(c1nc2c(C#N)cccc2[nH]1)C1CCCCCCC1. The Morgan fingerprint density at radius 3 is 2.72 bits per heavy atom. The molecule has 1 aromatic carbocycles. The van der Waals surface area contributed by atoms with Crippen molar-refractivity contribution in [2.75, 3.05) is 0 Å². The molecular formula is C23H26N4O2. The van der Waals surface area contributed by atoms with Crippen molar-refractivity contribution in [1.82, 2.24) is 15.1 Å². The molecule has 150 valence electrons. The topological polar surface area (TPSA) is 95.6 Å². The maximum absolute atomic E-state index is 13.1. The summed E-state index contributed by atoms with van der Waals surface area (Å²) in [6, 6.07) is 7.80. The Hall–Kier alpha value is -2.94. The molecular weight excluding hydrogens is 364 g/mol. The number of benzene rings is 1. The van der Waals surface area contributed by atoms with E-state index in [0.29, 0.717) is 34.7 Å². The number of nitrogens with one attached hydrogen (secondary N) is 1. The summed E-state index contributed by atoms with van der Waals surface area (Å²) < 4.78 is 4.98. The van der Waals surface area contributed by atoms with Gasteiger partial charge in [-0.2, -0.15) is 5.26 Å². The maximum atomic E-state index is 13.1. The number of fused-ring (bicyclic) bond motifs is 1. The van der Waals surface area contributed by atoms with Gasteiger partial charge in [-0.15, -0.1) is 0 Å². The minimum absolute atomic E-state index is 0.00570. The molecule has 1 atom stereocenters. The quantitative estimate of drug-likeness (QED) is 0.585. The van der Waals surface area contributed by atoms with Crippen molar-refractivity contribution < 1.29 is 9.32 Å². The third kappa shape index (κ3) is 4.09. The van der Waals surface area contributed by atoms with Crippen LogP contribution in [0.25, 0.3) is 11.0 Å². The van der Waals surface area contributed by atoms with Crippen molar-refractivity contribution in [1.29, 1.82) is 5.26 Å². The number of imidazole rings is 1. The second-order valence-corrected chi connectivity index (χ2v) is 8.09. The van der Waals surface area contributed by atoms with E-state index in [-0.39, 0.29) is 11.7 Å². The summed E-state index contributed by atoms with van der Waals surface area (Å²) in [5.41, 5.74) is 3.28. The molecule has 6 heteroatoms. The number of hydrogen-bond acceptors (Lipinski definition) is 5. The molecule has 2 heterocycles. The van der Waals surface area contributed by atoms with Gasteiger partial charge in [-0.3, -0.25) is 4.79 Å². The normalized spacial score (nSPS) is 16.8. The number of aryl methyl sites for hydroxylation is 1. The number of aromatic amines is 1. The molecule has 0 radical (unpaired) electrons. The third-order valence-corrected chi connectivity index (χ3v) is 6.18. The van der Waals surface area contributed by atoms with E-state index in [1.165, 1.54) is 38.4 Å². The monoisotopic (exact) mass is 390 g/mol. The average Bonchev–Trinajstić information content (AvgIpc) is 3.32. The summed E-state index contributed by atoms with van der Waals surface area (Å²) in [4.78, 5) is 21.3. The lowest BCUT2D eigenvalue weighted by Gasteiger charge is -2.27. The van der Waals surface area contributed by atoms with Crippen LogP contribution in [0, 0.1) is 24.2 Å². The zero-order valence-corrected chi connectivity index (χ0v) is 16.8. The van der Waals surface area contributed by atoms with Gasteiger partial charge >= 0.3 is 0 Å². The van der Waals surface area contributed by atoms with Gasteiger partial charge in [0.15, 0.2) is 5.78 Å². The van der Waals surface area contributed by atoms with E-state index in [9.17, 15) is 10.1 Å². The second-order valence-electron chi connectivity index (χ2n) is 8.09. The predicted molar refractivity (Wildman–Crippen MR) is 110 cm³/mol. The molecule has 0 saturated heterocycles. The fraction of sp³-hybridized carbons (Fsp3) is 0.478. The molecule has 1 unspecified atom stereocenters. The highest BCUT2D eigenvalue weighted by atomic mass is 16.5. The lowest BCUT2D eigenvalue weighted by molar-refractivity contribution is 0.0956. The summed E-state index contributed by atoms with van der Waals surface area (Å²) in [5, 5.41) is 13.3. The number of H-pyrrole nitrogens is 1. The molecule has 0 spiro atoms. The van der Waals surface area contributed by atoms with Crippen LogP contribution in [-0.2, 0) is 0 Å². The highest BCUT2D eigenvalue weighted by Crippen LogP contribution is 2.37. The summed E-state index contributed by atoms with van der Waals surface area (Å²) in [7, 11) is 0. The van der Waals surface area contributed by atoms with Gasteiger partial charge in [0, 0.05) is 12.3 Å². The fourth-order valence-electron chi connectivity index (χ4n) is 4.56. The van der Waals surface area contributed by atoms with Crippen LogP contribution in [0.2, 0.25) is 0 Å². The number of carbonyl (C=O) groups excluding carboxylic acids is 1. The van der Waals surface area contributed by atoms with Gasteiger partial charge in [0.1, 0.15) is 23.7 Å². The van der Waals surface area contributed by atoms with E-state index in [4.69, 9.17) is 9.51 Å². The molecule has 6 nitrogen and oxygen atoms in total. The van der Waals surface area contributed by atoms with Crippen LogP contribution in [0.15, 0.2) is 29.0 Å². The minimum Gasteiger partial charge on any atom is -0.364 e. The van der Waals surface area contributed by atoms with Crippen molar-refractivity contribution >= 4 is 16.8 Å². The number of aromatic nitrogens is 3. The maximum Gasteiger partial charge on any atom is 0.168 e. The van der Waals surface area contributed by atoms with Gasteiger partial charge in [0.2, 0.25) is 0 Å². The van der Waals surface area contributed by atoms with Crippen molar-refractivity contribution in [3.63, 3.8) is 0 Å². The molecule has 0 aliphatic heterocycles. The molecule has 0 amide bonds. The largest absolute Gasteiger partial charge is 0.364 e. The molecule has 0 bridgehead atoms. The van der Waals surface area contributed by atoms with Crippen LogP contribution >= 0.6 is 0 Å². The molecule has 2 aromatic heterocycles. The number of nitrogens with zero attached hydrogens (tertiary/aromatic N) is 3. The molecule has 1 aliphatic rings. The first-order valence-electron chi connectivity index (χ1n) is 10.5. The van der Waals surface area contributed by atoms with Crippen LogP contribution in [-0.4, -0.2) is 20.9 Å². The smallest absolute Gasteiger partial charge is 0.168 e. The number of nitriles is 1. The summed E-state index contributed by atoms with van der Waals surface area (Å²) in [6.07, 6.45) is 10.2. The summed E-state index contributed by atoms with van der Waals surface area (Å²) >= 11 is 0. The molecule has 1 saturated carbocycles. The second kappa shape index (κ2) is 8.60. The van der Waals surface area contributed by atoms with E-state index in [2.05, 4.69) is 16.2 Å². The molecule has 1 aliphatic carbocycles. The Morgan fingerprint density at radius 2 is 2.03 bits per heavy atom. The van der Waals surface area contributed by atoms with Crippen molar-refractivity contribution in [2.24, 2.45) is 5.92 Å². The van der Waals surface area contributed by atoms with Gasteiger partial charge < -0.3 is 9.51 Å². The first kappa shape index (κ1) is 19.4. The van der Waals surface area contributed by atoms with Gasteiger partial charge in [0.05, 0.1) is 22.3 Å². The number of Topliss-reactive ketones (excluding diaryl/α,β-unsaturated/α-hetero) is 1. The summed E-state index contributed by atoms with van der Waals surface area (Å²) in [5.74, 6) is 1.24. The van der Waals surface area contributed by atoms with Gasteiger partial charge in [0.25, 0.3) is 0 Å². The number of carbonyl (C=O) groups is 1. The molecule has 29 heavy (non-hydrogen) atoms. The lowest BCUT2D eigenvalue weighted by Crippen LogP contribution is -2.20. The van der Waals surface area contributed by atoms with Crippen molar-refractivity contribution in [3.8, 4) is 6.07 Å². The Bertz CT molecular complexity index is 1030. The minimum atomic E-state index is -0.00570. The van der Waals surface area contributed by atoms with E-state index in [1.807, 2.05) is 12.1 Å². The number of para-hydroxylation sites is 1. The van der Waals surface area contributed by atoms with E-state index >= 15 is 0 Å². The third-order valence-electron chi connectivity index (χ3n) is 6.18. The van der Waals surface area contributed by atoms with Crippen LogP contribution in [0.1, 0.15) is 84.7 Å². The lowest BCUT2D eigenvalue weighted by atomic mass is 9.78. The Balaban J connectivity index is 1.70. The van der Waals surface area contributed by atoms with Crippen molar-refractivity contribution in [3.05, 3.63) is 47.1 Å². The van der Waals surface area contributed by atoms with E-state index in [1.54, 1.807) is 13.0 Å². The van der Waals surface area contributed by atoms with Crippen LogP contribution in [0.3, 0.4) is 0 Å². The van der Waals surface area contributed by atoms with Crippen LogP contribution < -0.4 is 0 Å². The Labute approximate surface area is 170 Å². The van der Waals surface area contributed by atoms with Crippen molar-refractivity contribution in [2.45, 2.75) is 64.2 Å². The highest BCUT2D eigenvalue weighted by molar-refractivity contribution is 5.97. The van der Waals surface area contributed by atoms with E-state index in [0.717, 1.165) is 24.2 Å². The number of ketones is 1. The first-order chi connectivity index (χ1) is 14.2. The van der Waals surface area contributed by atoms with Gasteiger partial charge in [-0.25, -0.2) is 4.98 Å². The highest BCUT2D eigenvalue weighted by Gasteiger charge is 2.30. The molecule has 3 aromatic rings. The summed E-state index contributed by atoms with van der Waals surface area (Å²) in [6.45, 7) is 1.79. The molecule has 1 fully saturated rings. The number of rotatable bonds is 5. The molecule has 4 rings (SSSR count). The van der Waals surface area contributed by atoms with E-state index < -0.39 is 0 Å². The standard InChI is InChI=1S/C23H26N4O2/c1-15-19(14-29-27-15)21(28)12-18(16-8-5-3-2-4-6-9-16)23-25-20-11-7-10-17(13-24)22(20)26-23/h7,10-11,14,16,18H,2-6,8-9,12H2,1H3,(H,25,26). The fourth-order valence-corrected chi connectivity index (χ4v) is 4.56. The first-order valence-corrected chi connectivity index (χ1v) is 10.5. The Morgan fingerprint density at radius 1 is 1.28 bits per heavy atom. The van der Waals surface area contributed by atoms with Gasteiger partial charge in [-0.05, 0) is 37.8 Å². The molecule has 1 N–H and O–H groups in total. The van der Waals surface area contributed by atoms with Crippen LogP contribution in [0.4, 0.5) is 0 Å². The predicted octanol–water partition coefficient (Wildman–Crippen LogP) is 5.45. The van der Waals surface area contributed by atoms with Crippen LogP contribution in [0.5, 0.6) is 0 Å². The average molecular weight is 390 g/mol. The zero-order valence-electron chi connectivity index (χ0n) is 16.8. The number of hydrogen-bond donors (Lipinski definition) is 1. The Kier molecular flexibility index (Phi) is 5.75.